The predicted octanol–water partition coefficient (Wildman–Crippen LogP) is 3.61. The fraction of sp³-hybridized carbons (Fsp3) is 0.167. The highest BCUT2D eigenvalue weighted by Gasteiger charge is 2.04. The number of anilines is 1. The molecule has 1 aromatic carbocycles. The predicted molar refractivity (Wildman–Crippen MR) is 63.6 cm³/mol. The van der Waals surface area contributed by atoms with Crippen molar-refractivity contribution in [2.45, 2.75) is 13.8 Å². The average Bonchev–Trinajstić information content (AvgIpc) is 2.57. The Kier molecular flexibility index (Phi) is 2.30. The molecule has 0 aliphatic heterocycles. The number of rotatable bonds is 1. The molecule has 0 unspecified atom stereocenters. The molecule has 0 atom stereocenters. The molecular weight excluding hydrogens is 190 g/mol. The first-order chi connectivity index (χ1) is 6.68. The van der Waals surface area contributed by atoms with Crippen LogP contribution < -0.4 is 5.73 Å². The molecule has 0 aliphatic rings. The minimum atomic E-state index is 0.867. The molecule has 1 aromatic heterocycles. The Morgan fingerprint density at radius 1 is 1.21 bits per heavy atom. The SMILES string of the molecule is Cc1cc(-c2cccc(N)c2C)cs1. The molecule has 72 valence electrons. The summed E-state index contributed by atoms with van der Waals surface area (Å²) in [6.07, 6.45) is 0. The van der Waals surface area contributed by atoms with Gasteiger partial charge in [-0.2, -0.15) is 0 Å². The minimum Gasteiger partial charge on any atom is -0.398 e. The summed E-state index contributed by atoms with van der Waals surface area (Å²) in [6, 6.07) is 8.27. The molecule has 0 radical (unpaired) electrons. The first kappa shape index (κ1) is 9.28. The molecular formula is C12H13NS. The van der Waals surface area contributed by atoms with Crippen LogP contribution in [0.3, 0.4) is 0 Å². The van der Waals surface area contributed by atoms with Crippen LogP contribution in [-0.4, -0.2) is 0 Å². The topological polar surface area (TPSA) is 26.0 Å². The fourth-order valence-corrected chi connectivity index (χ4v) is 2.25. The third kappa shape index (κ3) is 1.53. The van der Waals surface area contributed by atoms with E-state index in [1.807, 2.05) is 12.1 Å². The second-order valence-corrected chi connectivity index (χ2v) is 4.58. The van der Waals surface area contributed by atoms with Crippen LogP contribution in [0, 0.1) is 13.8 Å². The average molecular weight is 203 g/mol. The zero-order valence-corrected chi connectivity index (χ0v) is 9.19. The summed E-state index contributed by atoms with van der Waals surface area (Å²) in [5, 5.41) is 2.18. The molecule has 0 bridgehead atoms. The number of hydrogen-bond acceptors (Lipinski definition) is 2. The highest BCUT2D eigenvalue weighted by molar-refractivity contribution is 7.10. The van der Waals surface area contributed by atoms with Crippen molar-refractivity contribution >= 4 is 17.0 Å². The van der Waals surface area contributed by atoms with Crippen molar-refractivity contribution in [1.82, 2.24) is 0 Å². The van der Waals surface area contributed by atoms with Gasteiger partial charge < -0.3 is 5.73 Å². The first-order valence-corrected chi connectivity index (χ1v) is 5.47. The van der Waals surface area contributed by atoms with Crippen molar-refractivity contribution in [3.05, 3.63) is 40.1 Å². The van der Waals surface area contributed by atoms with Gasteiger partial charge in [-0.1, -0.05) is 12.1 Å². The van der Waals surface area contributed by atoms with Gasteiger partial charge in [0.05, 0.1) is 0 Å². The van der Waals surface area contributed by atoms with E-state index in [1.165, 1.54) is 21.6 Å². The maximum absolute atomic E-state index is 5.87. The molecule has 0 aliphatic carbocycles. The lowest BCUT2D eigenvalue weighted by atomic mass is 10.0. The Morgan fingerprint density at radius 3 is 2.64 bits per heavy atom. The van der Waals surface area contributed by atoms with Crippen LogP contribution in [0.25, 0.3) is 11.1 Å². The zero-order chi connectivity index (χ0) is 10.1. The van der Waals surface area contributed by atoms with Gasteiger partial charge in [-0.25, -0.2) is 0 Å². The van der Waals surface area contributed by atoms with Crippen molar-refractivity contribution in [3.8, 4) is 11.1 Å². The maximum Gasteiger partial charge on any atom is 0.0349 e. The van der Waals surface area contributed by atoms with Crippen LogP contribution in [0.1, 0.15) is 10.4 Å². The van der Waals surface area contributed by atoms with E-state index in [-0.39, 0.29) is 0 Å². The van der Waals surface area contributed by atoms with Gasteiger partial charge in [-0.3, -0.25) is 0 Å². The third-order valence-corrected chi connectivity index (χ3v) is 3.28. The molecule has 1 nitrogen and oxygen atoms in total. The lowest BCUT2D eigenvalue weighted by molar-refractivity contribution is 1.46. The van der Waals surface area contributed by atoms with Crippen LogP contribution in [0.5, 0.6) is 0 Å². The van der Waals surface area contributed by atoms with Gasteiger partial charge in [0.2, 0.25) is 0 Å². The summed E-state index contributed by atoms with van der Waals surface area (Å²) in [5.74, 6) is 0. The van der Waals surface area contributed by atoms with Crippen molar-refractivity contribution in [3.63, 3.8) is 0 Å². The van der Waals surface area contributed by atoms with E-state index in [4.69, 9.17) is 5.73 Å². The maximum atomic E-state index is 5.87. The second kappa shape index (κ2) is 3.46. The van der Waals surface area contributed by atoms with Crippen LogP contribution in [0.15, 0.2) is 29.6 Å². The summed E-state index contributed by atoms with van der Waals surface area (Å²) in [6.45, 7) is 4.19. The molecule has 2 rings (SSSR count). The summed E-state index contributed by atoms with van der Waals surface area (Å²) in [7, 11) is 0. The van der Waals surface area contributed by atoms with Gasteiger partial charge in [0, 0.05) is 10.6 Å². The van der Waals surface area contributed by atoms with E-state index in [2.05, 4.69) is 31.4 Å². The molecule has 0 saturated carbocycles. The number of thiophene rings is 1. The van der Waals surface area contributed by atoms with Gasteiger partial charge in [-0.15, -0.1) is 11.3 Å². The molecule has 2 N–H and O–H groups in total. The van der Waals surface area contributed by atoms with Crippen LogP contribution in [-0.2, 0) is 0 Å². The lowest BCUT2D eigenvalue weighted by Gasteiger charge is -2.05. The highest BCUT2D eigenvalue weighted by atomic mass is 32.1. The Morgan fingerprint density at radius 2 is 2.00 bits per heavy atom. The van der Waals surface area contributed by atoms with Crippen molar-refractivity contribution in [2.75, 3.05) is 5.73 Å². The number of nitrogen functional groups attached to an aromatic ring is 1. The molecule has 0 amide bonds. The smallest absolute Gasteiger partial charge is 0.0349 e. The Balaban J connectivity index is 2.57. The molecule has 0 fully saturated rings. The highest BCUT2D eigenvalue weighted by Crippen LogP contribution is 2.30. The number of aryl methyl sites for hydroxylation is 1. The van der Waals surface area contributed by atoms with E-state index in [0.717, 1.165) is 5.69 Å². The number of hydrogen-bond donors (Lipinski definition) is 1. The lowest BCUT2D eigenvalue weighted by Crippen LogP contribution is -1.90. The molecule has 2 aromatic rings. The largest absolute Gasteiger partial charge is 0.398 e. The summed E-state index contributed by atoms with van der Waals surface area (Å²) >= 11 is 1.77. The van der Waals surface area contributed by atoms with Gasteiger partial charge in [0.1, 0.15) is 0 Å². The van der Waals surface area contributed by atoms with Gasteiger partial charge in [-0.05, 0) is 48.1 Å². The number of benzene rings is 1. The molecule has 0 saturated heterocycles. The quantitative estimate of drug-likeness (QED) is 0.704. The second-order valence-electron chi connectivity index (χ2n) is 3.47. The van der Waals surface area contributed by atoms with Crippen LogP contribution in [0.2, 0.25) is 0 Å². The van der Waals surface area contributed by atoms with E-state index >= 15 is 0 Å². The van der Waals surface area contributed by atoms with E-state index in [1.54, 1.807) is 11.3 Å². The Bertz CT molecular complexity index is 457. The molecule has 1 heterocycles. The zero-order valence-electron chi connectivity index (χ0n) is 8.37. The Hall–Kier alpha value is -1.28. The summed E-state index contributed by atoms with van der Waals surface area (Å²) < 4.78 is 0. The fourth-order valence-electron chi connectivity index (χ4n) is 1.55. The third-order valence-electron chi connectivity index (χ3n) is 2.42. The summed E-state index contributed by atoms with van der Waals surface area (Å²) in [4.78, 5) is 1.34. The number of nitrogens with two attached hydrogens (primary N) is 1. The molecule has 0 spiro atoms. The van der Waals surface area contributed by atoms with E-state index in [9.17, 15) is 0 Å². The monoisotopic (exact) mass is 203 g/mol. The molecule has 2 heteroatoms. The van der Waals surface area contributed by atoms with Gasteiger partial charge in [0.15, 0.2) is 0 Å². The van der Waals surface area contributed by atoms with Gasteiger partial charge in [0.25, 0.3) is 0 Å². The first-order valence-electron chi connectivity index (χ1n) is 4.59. The minimum absolute atomic E-state index is 0.867. The van der Waals surface area contributed by atoms with Crippen molar-refractivity contribution in [2.24, 2.45) is 0 Å². The van der Waals surface area contributed by atoms with E-state index in [0.29, 0.717) is 0 Å². The van der Waals surface area contributed by atoms with Crippen LogP contribution in [0.4, 0.5) is 5.69 Å². The normalized spacial score (nSPS) is 10.4. The summed E-state index contributed by atoms with van der Waals surface area (Å²) in [5.41, 5.74) is 10.4. The van der Waals surface area contributed by atoms with Crippen LogP contribution >= 0.6 is 11.3 Å². The van der Waals surface area contributed by atoms with E-state index < -0.39 is 0 Å². The van der Waals surface area contributed by atoms with Crippen molar-refractivity contribution < 1.29 is 0 Å². The standard InChI is InChI=1S/C12H13NS/c1-8-6-10(7-14-8)11-4-3-5-12(13)9(11)2/h3-7H,13H2,1-2H3. The molecule has 14 heavy (non-hydrogen) atoms. The van der Waals surface area contributed by atoms with Gasteiger partial charge >= 0.3 is 0 Å². The Labute approximate surface area is 88.2 Å². The van der Waals surface area contributed by atoms with Crippen molar-refractivity contribution in [1.29, 1.82) is 0 Å².